The smallest absolute Gasteiger partial charge is 0.458 e. The van der Waals surface area contributed by atoms with Crippen molar-refractivity contribution in [1.29, 1.82) is 0 Å². The van der Waals surface area contributed by atoms with Crippen molar-refractivity contribution in [1.82, 2.24) is 0 Å². The number of alkyl halides is 3. The molecule has 0 spiro atoms. The number of aliphatic imine (C=N–C) groups is 1. The van der Waals surface area contributed by atoms with Crippen LogP contribution in [-0.4, -0.2) is 48.8 Å². The molecule has 1 aromatic rings. The largest absolute Gasteiger partial charge is 0.534 e. The molecule has 8 nitrogen and oxygen atoms in total. The zero-order chi connectivity index (χ0) is 23.4. The molecule has 0 unspecified atom stereocenters. The van der Waals surface area contributed by atoms with Crippen LogP contribution in [0.3, 0.4) is 0 Å². The van der Waals surface area contributed by atoms with Crippen LogP contribution in [0, 0.1) is 5.92 Å². The Hall–Kier alpha value is -3.11. The Morgan fingerprint density at radius 2 is 1.77 bits per heavy atom. The van der Waals surface area contributed by atoms with Crippen molar-refractivity contribution in [3.63, 3.8) is 0 Å². The predicted molar refractivity (Wildman–Crippen MR) is 103 cm³/mol. The third-order valence-electron chi connectivity index (χ3n) is 4.21. The van der Waals surface area contributed by atoms with Gasteiger partial charge in [-0.3, -0.25) is 4.84 Å². The molecule has 0 saturated heterocycles. The molecule has 0 radical (unpaired) electrons. The molecule has 0 bridgehead atoms. The molecule has 0 saturated carbocycles. The Bertz CT molecular complexity index is 862. The van der Waals surface area contributed by atoms with Gasteiger partial charge in [-0.25, -0.2) is 14.6 Å². The highest BCUT2D eigenvalue weighted by molar-refractivity contribution is 6.02. The van der Waals surface area contributed by atoms with Crippen molar-refractivity contribution in [3.8, 4) is 0 Å². The van der Waals surface area contributed by atoms with Crippen LogP contribution in [0.2, 0.25) is 0 Å². The molecule has 3 atom stereocenters. The number of carbonyl (C=O) groups excluding carboxylic acids is 2. The molecule has 1 aromatic carbocycles. The minimum Gasteiger partial charge on any atom is -0.458 e. The first-order valence-electron chi connectivity index (χ1n) is 9.27. The van der Waals surface area contributed by atoms with Crippen LogP contribution < -0.4 is 0 Å². The maximum Gasteiger partial charge on any atom is 0.534 e. The van der Waals surface area contributed by atoms with Crippen molar-refractivity contribution in [2.45, 2.75) is 51.4 Å². The second-order valence-electron chi connectivity index (χ2n) is 7.71. The Kier molecular flexibility index (Phi) is 7.29. The molecular formula is C20H23F3N2O6. The number of hydrogen-bond acceptors (Lipinski definition) is 8. The van der Waals surface area contributed by atoms with Gasteiger partial charge in [0, 0.05) is 0 Å². The van der Waals surface area contributed by atoms with Gasteiger partial charge in [0.15, 0.2) is 6.04 Å². The number of rotatable bonds is 4. The summed E-state index contributed by atoms with van der Waals surface area (Å²) < 4.78 is 54.7. The van der Waals surface area contributed by atoms with Crippen molar-refractivity contribution >= 4 is 23.9 Å². The summed E-state index contributed by atoms with van der Waals surface area (Å²) in [5, 5.41) is 3.41. The van der Waals surface area contributed by atoms with E-state index in [0.717, 1.165) is 7.11 Å². The summed E-state index contributed by atoms with van der Waals surface area (Å²) in [4.78, 5) is 32.1. The summed E-state index contributed by atoms with van der Waals surface area (Å²) in [6.07, 6.45) is -6.29. The van der Waals surface area contributed by atoms with Crippen LogP contribution in [-0.2, 0) is 23.8 Å². The van der Waals surface area contributed by atoms with E-state index in [1.54, 1.807) is 58.0 Å². The molecule has 1 aliphatic heterocycles. The summed E-state index contributed by atoms with van der Waals surface area (Å²) >= 11 is 0. The summed E-state index contributed by atoms with van der Waals surface area (Å²) in [7, 11) is 1.00. The second-order valence-corrected chi connectivity index (χ2v) is 7.71. The van der Waals surface area contributed by atoms with Gasteiger partial charge in [0.2, 0.25) is 5.90 Å². The SMILES string of the molecule is COC(=O)O/N=C1\OC(C(F)(F)F)=N[C@H](C(=O)OC(C)(C)C)[C@H]1[C@H](C)c1ccccc1. The number of esters is 1. The van der Waals surface area contributed by atoms with Gasteiger partial charge in [-0.05, 0) is 37.4 Å². The third kappa shape index (κ3) is 6.43. The molecule has 0 aliphatic carbocycles. The van der Waals surface area contributed by atoms with Crippen molar-refractivity contribution in [2.24, 2.45) is 16.1 Å². The van der Waals surface area contributed by atoms with E-state index in [4.69, 9.17) is 9.47 Å². The van der Waals surface area contributed by atoms with Gasteiger partial charge in [-0.2, -0.15) is 13.2 Å². The Morgan fingerprint density at radius 1 is 1.16 bits per heavy atom. The first kappa shape index (κ1) is 24.2. The van der Waals surface area contributed by atoms with Crippen LogP contribution in [0.4, 0.5) is 18.0 Å². The molecule has 170 valence electrons. The van der Waals surface area contributed by atoms with E-state index < -0.39 is 53.6 Å². The standard InChI is InChI=1S/C20H23F3N2O6/c1-11(12-9-7-6-8-10-12)13-14(16(26)30-19(2,3)4)24-17(20(21,22)23)29-15(13)25-31-18(27)28-5/h6-11,13-14H,1-5H3/b25-15-/t11-,13-,14+/m1/s1. The van der Waals surface area contributed by atoms with Gasteiger partial charge < -0.3 is 14.2 Å². The number of oxime groups is 1. The van der Waals surface area contributed by atoms with E-state index in [-0.39, 0.29) is 0 Å². The fourth-order valence-electron chi connectivity index (χ4n) is 2.88. The van der Waals surface area contributed by atoms with Crippen LogP contribution in [0.1, 0.15) is 39.2 Å². The van der Waals surface area contributed by atoms with Crippen molar-refractivity contribution < 1.29 is 41.8 Å². The molecule has 1 aliphatic rings. The van der Waals surface area contributed by atoms with E-state index in [2.05, 4.69) is 19.7 Å². The number of carbonyl (C=O) groups is 2. The predicted octanol–water partition coefficient (Wildman–Crippen LogP) is 4.20. The van der Waals surface area contributed by atoms with Crippen LogP contribution in [0.25, 0.3) is 0 Å². The zero-order valence-electron chi connectivity index (χ0n) is 17.6. The summed E-state index contributed by atoms with van der Waals surface area (Å²) in [6.45, 7) is 6.37. The number of hydrogen-bond donors (Lipinski definition) is 0. The molecule has 31 heavy (non-hydrogen) atoms. The summed E-state index contributed by atoms with van der Waals surface area (Å²) in [6, 6.07) is 7.00. The highest BCUT2D eigenvalue weighted by Crippen LogP contribution is 2.36. The van der Waals surface area contributed by atoms with Crippen LogP contribution in [0.15, 0.2) is 40.5 Å². The van der Waals surface area contributed by atoms with Gasteiger partial charge >= 0.3 is 18.3 Å². The van der Waals surface area contributed by atoms with Crippen LogP contribution in [0.5, 0.6) is 0 Å². The summed E-state index contributed by atoms with van der Waals surface area (Å²) in [5.41, 5.74) is -0.315. The molecule has 1 heterocycles. The quantitative estimate of drug-likeness (QED) is 0.392. The molecule has 2 rings (SSSR count). The van der Waals surface area contributed by atoms with Gasteiger partial charge in [0.25, 0.3) is 5.90 Å². The highest BCUT2D eigenvalue weighted by Gasteiger charge is 2.50. The zero-order valence-corrected chi connectivity index (χ0v) is 17.6. The number of benzene rings is 1. The molecule has 11 heteroatoms. The van der Waals surface area contributed by atoms with Gasteiger partial charge in [-0.15, -0.1) is 0 Å². The fourth-order valence-corrected chi connectivity index (χ4v) is 2.88. The second kappa shape index (κ2) is 9.36. The van der Waals surface area contributed by atoms with E-state index in [9.17, 15) is 22.8 Å². The average molecular weight is 444 g/mol. The van der Waals surface area contributed by atoms with E-state index in [0.29, 0.717) is 5.56 Å². The minimum atomic E-state index is -5.02. The van der Waals surface area contributed by atoms with E-state index in [1.807, 2.05) is 0 Å². The topological polar surface area (TPSA) is 95.8 Å². The molecular weight excluding hydrogens is 421 g/mol. The lowest BCUT2D eigenvalue weighted by molar-refractivity contribution is -0.157. The third-order valence-corrected chi connectivity index (χ3v) is 4.21. The first-order chi connectivity index (χ1) is 14.3. The number of ether oxygens (including phenoxy) is 3. The number of halogens is 3. The minimum absolute atomic E-state index is 0.614. The molecule has 0 N–H and O–H groups in total. The Balaban J connectivity index is 2.60. The molecule has 0 fully saturated rings. The Labute approximate surface area is 177 Å². The van der Waals surface area contributed by atoms with Crippen molar-refractivity contribution in [2.75, 3.05) is 7.11 Å². The van der Waals surface area contributed by atoms with Gasteiger partial charge in [-0.1, -0.05) is 37.3 Å². The van der Waals surface area contributed by atoms with Gasteiger partial charge in [0.05, 0.1) is 13.0 Å². The molecule has 0 amide bonds. The van der Waals surface area contributed by atoms with Crippen molar-refractivity contribution in [3.05, 3.63) is 35.9 Å². The Morgan fingerprint density at radius 3 is 2.29 bits per heavy atom. The maximum atomic E-state index is 13.4. The fraction of sp³-hybridized carbons (Fsp3) is 0.500. The lowest BCUT2D eigenvalue weighted by atomic mass is 9.81. The van der Waals surface area contributed by atoms with E-state index in [1.165, 1.54) is 0 Å². The summed E-state index contributed by atoms with van der Waals surface area (Å²) in [5.74, 6) is -5.13. The molecule has 0 aromatic heterocycles. The van der Waals surface area contributed by atoms with Gasteiger partial charge in [0.1, 0.15) is 5.60 Å². The van der Waals surface area contributed by atoms with E-state index >= 15 is 0 Å². The first-order valence-corrected chi connectivity index (χ1v) is 9.27. The highest BCUT2D eigenvalue weighted by atomic mass is 19.4. The lowest BCUT2D eigenvalue weighted by Crippen LogP contribution is -2.48. The normalized spacial score (nSPS) is 21.5. The monoisotopic (exact) mass is 444 g/mol. The number of methoxy groups -OCH3 is 1. The van der Waals surface area contributed by atoms with Crippen LogP contribution >= 0.6 is 0 Å². The lowest BCUT2D eigenvalue weighted by Gasteiger charge is -2.34. The number of nitrogens with zero attached hydrogens (tertiary/aromatic N) is 2. The average Bonchev–Trinajstić information content (AvgIpc) is 2.69. The maximum absolute atomic E-state index is 13.4.